The van der Waals surface area contributed by atoms with E-state index < -0.39 is 6.10 Å². The average Bonchev–Trinajstić information content (AvgIpc) is 2.40. The van der Waals surface area contributed by atoms with Gasteiger partial charge < -0.3 is 9.84 Å². The summed E-state index contributed by atoms with van der Waals surface area (Å²) in [6.45, 7) is 10.7. The molecule has 0 radical (unpaired) electrons. The van der Waals surface area contributed by atoms with Crippen molar-refractivity contribution in [1.82, 2.24) is 4.90 Å². The Labute approximate surface area is 128 Å². The van der Waals surface area contributed by atoms with Gasteiger partial charge in [-0.25, -0.2) is 0 Å². The number of β-amino-alcohol motifs (C(OH)–C–C–N with tert-alkyl or cyclic N) is 1. The second kappa shape index (κ2) is 7.28. The normalized spacial score (nSPS) is 21.3. The summed E-state index contributed by atoms with van der Waals surface area (Å²) in [7, 11) is 0. The van der Waals surface area contributed by atoms with Gasteiger partial charge in [0.2, 0.25) is 0 Å². The first-order valence-electron chi connectivity index (χ1n) is 8.10. The molecule has 1 aromatic carbocycles. The molecule has 0 unspecified atom stereocenters. The first kappa shape index (κ1) is 16.3. The molecule has 1 N–H and O–H groups in total. The third-order valence-corrected chi connectivity index (χ3v) is 4.41. The van der Waals surface area contributed by atoms with E-state index in [0.717, 1.165) is 23.4 Å². The van der Waals surface area contributed by atoms with Crippen molar-refractivity contribution in [2.24, 2.45) is 0 Å². The van der Waals surface area contributed by atoms with Crippen LogP contribution in [0.4, 0.5) is 0 Å². The summed E-state index contributed by atoms with van der Waals surface area (Å²) in [5, 5.41) is 10.3. The standard InChI is InChI=1S/C18H29NO2/c1-13-9-14(2)18(15(3)10-13)21-12-17(20)11-19-8-6-5-7-16(19)4/h9-10,16-17,20H,5-8,11-12H2,1-4H3/t16-,17+/m1/s1. The zero-order chi connectivity index (χ0) is 15.4. The lowest BCUT2D eigenvalue weighted by molar-refractivity contribution is 0.0434. The van der Waals surface area contributed by atoms with Gasteiger partial charge in [-0.1, -0.05) is 24.1 Å². The molecule has 3 nitrogen and oxygen atoms in total. The van der Waals surface area contributed by atoms with Gasteiger partial charge in [0.1, 0.15) is 18.5 Å². The monoisotopic (exact) mass is 291 g/mol. The number of hydrogen-bond acceptors (Lipinski definition) is 3. The van der Waals surface area contributed by atoms with E-state index in [-0.39, 0.29) is 0 Å². The minimum absolute atomic E-state index is 0.369. The maximum Gasteiger partial charge on any atom is 0.125 e. The number of aliphatic hydroxyl groups is 1. The van der Waals surface area contributed by atoms with Crippen molar-refractivity contribution in [1.29, 1.82) is 0 Å². The second-order valence-electron chi connectivity index (χ2n) is 6.53. The van der Waals surface area contributed by atoms with Gasteiger partial charge in [0, 0.05) is 12.6 Å². The summed E-state index contributed by atoms with van der Waals surface area (Å²) in [6, 6.07) is 4.83. The highest BCUT2D eigenvalue weighted by atomic mass is 16.5. The van der Waals surface area contributed by atoms with Gasteiger partial charge in [0.15, 0.2) is 0 Å². The Hall–Kier alpha value is -1.06. The highest BCUT2D eigenvalue weighted by Gasteiger charge is 2.21. The molecule has 0 aromatic heterocycles. The molecule has 21 heavy (non-hydrogen) atoms. The zero-order valence-electron chi connectivity index (χ0n) is 13.9. The third-order valence-electron chi connectivity index (χ3n) is 4.41. The Bertz CT molecular complexity index is 449. The molecular formula is C18H29NO2. The summed E-state index contributed by atoms with van der Waals surface area (Å²) in [4.78, 5) is 2.38. The predicted octanol–water partition coefficient (Wildman–Crippen LogP) is 3.23. The van der Waals surface area contributed by atoms with Crippen LogP contribution in [0.5, 0.6) is 5.75 Å². The Morgan fingerprint density at radius 2 is 1.90 bits per heavy atom. The number of piperidine rings is 1. The topological polar surface area (TPSA) is 32.7 Å². The molecule has 2 rings (SSSR count). The van der Waals surface area contributed by atoms with Gasteiger partial charge in [-0.3, -0.25) is 4.90 Å². The van der Waals surface area contributed by atoms with E-state index in [1.165, 1.54) is 24.8 Å². The quantitative estimate of drug-likeness (QED) is 0.904. The fraction of sp³-hybridized carbons (Fsp3) is 0.667. The number of aliphatic hydroxyl groups excluding tert-OH is 1. The SMILES string of the molecule is Cc1cc(C)c(OC[C@@H](O)CN2CCCC[C@H]2C)c(C)c1. The van der Waals surface area contributed by atoms with Crippen LogP contribution in [0.15, 0.2) is 12.1 Å². The molecule has 3 heteroatoms. The minimum Gasteiger partial charge on any atom is -0.490 e. The summed E-state index contributed by atoms with van der Waals surface area (Å²) in [5.74, 6) is 0.923. The molecule has 0 saturated carbocycles. The third kappa shape index (κ3) is 4.45. The lowest BCUT2D eigenvalue weighted by atomic mass is 10.0. The molecule has 0 aliphatic carbocycles. The van der Waals surface area contributed by atoms with Gasteiger partial charge in [0.05, 0.1) is 0 Å². The summed E-state index contributed by atoms with van der Waals surface area (Å²) < 4.78 is 5.88. The first-order valence-corrected chi connectivity index (χ1v) is 8.10. The number of aryl methyl sites for hydroxylation is 3. The number of hydrogen-bond donors (Lipinski definition) is 1. The molecule has 2 atom stereocenters. The highest BCUT2D eigenvalue weighted by molar-refractivity contribution is 5.42. The van der Waals surface area contributed by atoms with Gasteiger partial charge in [0.25, 0.3) is 0 Å². The van der Waals surface area contributed by atoms with E-state index in [0.29, 0.717) is 19.2 Å². The van der Waals surface area contributed by atoms with Crippen LogP contribution in [-0.4, -0.2) is 41.8 Å². The minimum atomic E-state index is -0.425. The number of ether oxygens (including phenoxy) is 1. The second-order valence-corrected chi connectivity index (χ2v) is 6.53. The summed E-state index contributed by atoms with van der Waals surface area (Å²) in [6.07, 6.45) is 3.37. The van der Waals surface area contributed by atoms with E-state index in [1.807, 2.05) is 0 Å². The van der Waals surface area contributed by atoms with Crippen LogP contribution in [0.25, 0.3) is 0 Å². The predicted molar refractivity (Wildman–Crippen MR) is 87.0 cm³/mol. The van der Waals surface area contributed by atoms with Crippen LogP contribution in [0, 0.1) is 20.8 Å². The van der Waals surface area contributed by atoms with Crippen molar-refractivity contribution in [3.05, 3.63) is 28.8 Å². The van der Waals surface area contributed by atoms with Crippen LogP contribution in [-0.2, 0) is 0 Å². The fourth-order valence-corrected chi connectivity index (χ4v) is 3.33. The summed E-state index contributed by atoms with van der Waals surface area (Å²) >= 11 is 0. The van der Waals surface area contributed by atoms with E-state index in [4.69, 9.17) is 4.74 Å². The largest absolute Gasteiger partial charge is 0.490 e. The summed E-state index contributed by atoms with van der Waals surface area (Å²) in [5.41, 5.74) is 3.54. The average molecular weight is 291 g/mol. The molecule has 0 amide bonds. The Morgan fingerprint density at radius 3 is 2.52 bits per heavy atom. The Balaban J connectivity index is 1.88. The maximum atomic E-state index is 10.3. The number of rotatable bonds is 5. The van der Waals surface area contributed by atoms with Crippen molar-refractivity contribution in [2.75, 3.05) is 19.7 Å². The molecular weight excluding hydrogens is 262 g/mol. The molecule has 0 spiro atoms. The van der Waals surface area contributed by atoms with Crippen molar-refractivity contribution in [2.45, 2.75) is 59.1 Å². The molecule has 0 bridgehead atoms. The number of likely N-dealkylation sites (tertiary alicyclic amines) is 1. The number of benzene rings is 1. The van der Waals surface area contributed by atoms with Crippen LogP contribution in [0.3, 0.4) is 0 Å². The zero-order valence-corrected chi connectivity index (χ0v) is 13.9. The van der Waals surface area contributed by atoms with Gasteiger partial charge in [-0.05, 0) is 58.2 Å². The molecule has 1 aliphatic heterocycles. The first-order chi connectivity index (χ1) is 9.97. The van der Waals surface area contributed by atoms with E-state index in [1.54, 1.807) is 0 Å². The van der Waals surface area contributed by atoms with Crippen LogP contribution in [0.2, 0.25) is 0 Å². The van der Waals surface area contributed by atoms with Crippen molar-refractivity contribution in [3.63, 3.8) is 0 Å². The van der Waals surface area contributed by atoms with Gasteiger partial charge in [-0.15, -0.1) is 0 Å². The van der Waals surface area contributed by atoms with Gasteiger partial charge in [-0.2, -0.15) is 0 Å². The van der Waals surface area contributed by atoms with Crippen LogP contribution < -0.4 is 4.74 Å². The number of nitrogens with zero attached hydrogens (tertiary/aromatic N) is 1. The molecule has 1 saturated heterocycles. The van der Waals surface area contributed by atoms with Crippen LogP contribution in [0.1, 0.15) is 42.9 Å². The fourth-order valence-electron chi connectivity index (χ4n) is 3.33. The lowest BCUT2D eigenvalue weighted by Gasteiger charge is -2.34. The maximum absolute atomic E-state index is 10.3. The smallest absolute Gasteiger partial charge is 0.125 e. The molecule has 118 valence electrons. The highest BCUT2D eigenvalue weighted by Crippen LogP contribution is 2.25. The Kier molecular flexibility index (Phi) is 5.65. The van der Waals surface area contributed by atoms with Crippen molar-refractivity contribution >= 4 is 0 Å². The van der Waals surface area contributed by atoms with Crippen molar-refractivity contribution < 1.29 is 9.84 Å². The van der Waals surface area contributed by atoms with Crippen molar-refractivity contribution in [3.8, 4) is 5.75 Å². The van der Waals surface area contributed by atoms with E-state index in [2.05, 4.69) is 44.7 Å². The van der Waals surface area contributed by atoms with E-state index >= 15 is 0 Å². The molecule has 1 heterocycles. The molecule has 1 aliphatic rings. The van der Waals surface area contributed by atoms with Gasteiger partial charge >= 0.3 is 0 Å². The Morgan fingerprint density at radius 1 is 1.24 bits per heavy atom. The lowest BCUT2D eigenvalue weighted by Crippen LogP contribution is -2.43. The molecule has 1 aromatic rings. The molecule has 1 fully saturated rings. The van der Waals surface area contributed by atoms with Crippen LogP contribution >= 0.6 is 0 Å². The van der Waals surface area contributed by atoms with E-state index in [9.17, 15) is 5.11 Å².